The maximum Gasteiger partial charge on any atom is 0.126 e. The summed E-state index contributed by atoms with van der Waals surface area (Å²) in [5, 5.41) is 4.97. The van der Waals surface area contributed by atoms with Gasteiger partial charge in [-0.1, -0.05) is 29.8 Å². The highest BCUT2D eigenvalue weighted by molar-refractivity contribution is 6.31. The number of hydrogen-bond donors (Lipinski definition) is 1. The van der Waals surface area contributed by atoms with Crippen LogP contribution >= 0.6 is 11.6 Å². The molecule has 0 spiro atoms. The molecule has 3 rings (SSSR count). The van der Waals surface area contributed by atoms with E-state index in [1.165, 1.54) is 6.07 Å². The molecule has 0 aliphatic carbocycles. The summed E-state index contributed by atoms with van der Waals surface area (Å²) in [5.41, 5.74) is 3.40. The second-order valence-electron chi connectivity index (χ2n) is 4.97. The summed E-state index contributed by atoms with van der Waals surface area (Å²) in [7, 11) is 0. The third-order valence-corrected chi connectivity index (χ3v) is 3.59. The molecule has 0 unspecified atom stereocenters. The molecule has 0 amide bonds. The normalized spacial score (nSPS) is 10.8. The van der Waals surface area contributed by atoms with Gasteiger partial charge in [-0.25, -0.2) is 4.39 Å². The van der Waals surface area contributed by atoms with Gasteiger partial charge >= 0.3 is 0 Å². The fourth-order valence-corrected chi connectivity index (χ4v) is 2.53. The second kappa shape index (κ2) is 5.70. The molecule has 4 heteroatoms. The molecule has 1 aromatic heterocycles. The van der Waals surface area contributed by atoms with Gasteiger partial charge in [0.15, 0.2) is 0 Å². The van der Waals surface area contributed by atoms with Crippen LogP contribution in [0.15, 0.2) is 48.7 Å². The van der Waals surface area contributed by atoms with Crippen LogP contribution in [0.4, 0.5) is 10.1 Å². The van der Waals surface area contributed by atoms with E-state index in [0.29, 0.717) is 17.1 Å². The van der Waals surface area contributed by atoms with Crippen LogP contribution in [0, 0.1) is 12.7 Å². The number of rotatable bonds is 3. The largest absolute Gasteiger partial charge is 0.379 e. The molecule has 0 aliphatic heterocycles. The smallest absolute Gasteiger partial charge is 0.126 e. The van der Waals surface area contributed by atoms with E-state index >= 15 is 0 Å². The predicted molar refractivity (Wildman–Crippen MR) is 85.2 cm³/mol. The quantitative estimate of drug-likeness (QED) is 0.740. The first-order chi connectivity index (χ1) is 10.1. The van der Waals surface area contributed by atoms with Crippen molar-refractivity contribution in [1.82, 2.24) is 4.98 Å². The Labute approximate surface area is 127 Å². The molecule has 2 aromatic carbocycles. The topological polar surface area (TPSA) is 24.9 Å². The first-order valence-electron chi connectivity index (χ1n) is 6.66. The minimum Gasteiger partial charge on any atom is -0.379 e. The third kappa shape index (κ3) is 2.98. The fourth-order valence-electron chi connectivity index (χ4n) is 2.30. The van der Waals surface area contributed by atoms with Crippen molar-refractivity contribution >= 4 is 28.2 Å². The van der Waals surface area contributed by atoms with Crippen LogP contribution in [0.1, 0.15) is 11.1 Å². The summed E-state index contributed by atoms with van der Waals surface area (Å²) in [6, 6.07) is 12.7. The maximum absolute atomic E-state index is 13.3. The van der Waals surface area contributed by atoms with Crippen LogP contribution in [0.3, 0.4) is 0 Å². The first kappa shape index (κ1) is 13.8. The minimum atomic E-state index is -0.186. The molecule has 1 heterocycles. The molecule has 106 valence electrons. The van der Waals surface area contributed by atoms with Crippen LogP contribution < -0.4 is 5.32 Å². The maximum atomic E-state index is 13.3. The van der Waals surface area contributed by atoms with Crippen LogP contribution in [0.5, 0.6) is 0 Å². The van der Waals surface area contributed by atoms with Gasteiger partial charge in [0, 0.05) is 23.2 Å². The number of anilines is 1. The number of pyridine rings is 1. The number of halogens is 2. The number of aromatic nitrogens is 1. The van der Waals surface area contributed by atoms with Crippen LogP contribution in [-0.4, -0.2) is 4.98 Å². The summed E-state index contributed by atoms with van der Waals surface area (Å²) in [6.07, 6.45) is 1.75. The Balaban J connectivity index is 1.89. The van der Waals surface area contributed by atoms with Gasteiger partial charge in [-0.15, -0.1) is 0 Å². The Hall–Kier alpha value is -2.13. The first-order valence-corrected chi connectivity index (χ1v) is 7.04. The van der Waals surface area contributed by atoms with Crippen LogP contribution in [-0.2, 0) is 6.54 Å². The van der Waals surface area contributed by atoms with E-state index in [0.717, 1.165) is 22.2 Å². The van der Waals surface area contributed by atoms with Gasteiger partial charge < -0.3 is 5.32 Å². The molecule has 0 radical (unpaired) electrons. The molecular formula is C17H14ClFN2. The SMILES string of the molecule is Cc1cc(CNc2cc(Cl)cc3cccnc23)ccc1F. The standard InChI is InChI=1S/C17H14ClFN2/c1-11-7-12(4-5-15(11)19)10-21-16-9-14(18)8-13-3-2-6-20-17(13)16/h2-9,21H,10H2,1H3. The van der Waals surface area contributed by atoms with Crippen molar-refractivity contribution < 1.29 is 4.39 Å². The van der Waals surface area contributed by atoms with Gasteiger partial charge in [-0.3, -0.25) is 4.98 Å². The highest BCUT2D eigenvalue weighted by atomic mass is 35.5. The molecule has 0 atom stereocenters. The lowest BCUT2D eigenvalue weighted by molar-refractivity contribution is 0.617. The molecular weight excluding hydrogens is 287 g/mol. The zero-order valence-corrected chi connectivity index (χ0v) is 12.3. The summed E-state index contributed by atoms with van der Waals surface area (Å²) in [5.74, 6) is -0.186. The average molecular weight is 301 g/mol. The van der Waals surface area contributed by atoms with Crippen molar-refractivity contribution in [1.29, 1.82) is 0 Å². The lowest BCUT2D eigenvalue weighted by Gasteiger charge is -2.10. The molecule has 0 saturated heterocycles. The van der Waals surface area contributed by atoms with Gasteiger partial charge in [0.2, 0.25) is 0 Å². The van der Waals surface area contributed by atoms with E-state index < -0.39 is 0 Å². The molecule has 2 nitrogen and oxygen atoms in total. The van der Waals surface area contributed by atoms with Gasteiger partial charge in [-0.2, -0.15) is 0 Å². The number of aryl methyl sites for hydroxylation is 1. The highest BCUT2D eigenvalue weighted by Gasteiger charge is 2.05. The molecule has 3 aromatic rings. The van der Waals surface area contributed by atoms with Crippen molar-refractivity contribution in [3.63, 3.8) is 0 Å². The lowest BCUT2D eigenvalue weighted by Crippen LogP contribution is -2.01. The summed E-state index contributed by atoms with van der Waals surface area (Å²) in [6.45, 7) is 2.35. The van der Waals surface area contributed by atoms with E-state index in [2.05, 4.69) is 10.3 Å². The summed E-state index contributed by atoms with van der Waals surface area (Å²) >= 11 is 6.13. The average Bonchev–Trinajstić information content (AvgIpc) is 2.48. The number of hydrogen-bond acceptors (Lipinski definition) is 2. The van der Waals surface area contributed by atoms with Crippen LogP contribution in [0.2, 0.25) is 5.02 Å². The number of fused-ring (bicyclic) bond motifs is 1. The molecule has 0 fully saturated rings. The van der Waals surface area contributed by atoms with Crippen molar-refractivity contribution in [3.8, 4) is 0 Å². The van der Waals surface area contributed by atoms with Crippen LogP contribution in [0.25, 0.3) is 10.9 Å². The van der Waals surface area contributed by atoms with Gasteiger partial charge in [0.05, 0.1) is 11.2 Å². The summed E-state index contributed by atoms with van der Waals surface area (Å²) in [4.78, 5) is 4.39. The zero-order valence-electron chi connectivity index (χ0n) is 11.5. The van der Waals surface area contributed by atoms with E-state index in [1.54, 1.807) is 19.2 Å². The molecule has 1 N–H and O–H groups in total. The Morgan fingerprint density at radius 3 is 2.86 bits per heavy atom. The minimum absolute atomic E-state index is 0.186. The van der Waals surface area contributed by atoms with Gasteiger partial charge in [-0.05, 0) is 42.3 Å². The molecule has 0 saturated carbocycles. The third-order valence-electron chi connectivity index (χ3n) is 3.37. The van der Waals surface area contributed by atoms with E-state index in [-0.39, 0.29) is 5.82 Å². The van der Waals surface area contributed by atoms with Crippen molar-refractivity contribution in [2.75, 3.05) is 5.32 Å². The Morgan fingerprint density at radius 2 is 2.05 bits per heavy atom. The highest BCUT2D eigenvalue weighted by Crippen LogP contribution is 2.26. The van der Waals surface area contributed by atoms with E-state index in [4.69, 9.17) is 11.6 Å². The van der Waals surface area contributed by atoms with E-state index in [9.17, 15) is 4.39 Å². The Morgan fingerprint density at radius 1 is 1.19 bits per heavy atom. The van der Waals surface area contributed by atoms with E-state index in [1.807, 2.05) is 30.3 Å². The molecule has 0 bridgehead atoms. The molecule has 0 aliphatic rings. The van der Waals surface area contributed by atoms with Crippen molar-refractivity contribution in [3.05, 3.63) is 70.6 Å². The lowest BCUT2D eigenvalue weighted by atomic mass is 10.1. The predicted octanol–water partition coefficient (Wildman–Crippen LogP) is 4.95. The Kier molecular flexibility index (Phi) is 3.76. The van der Waals surface area contributed by atoms with Crippen molar-refractivity contribution in [2.45, 2.75) is 13.5 Å². The van der Waals surface area contributed by atoms with Gasteiger partial charge in [0.1, 0.15) is 5.82 Å². The Bertz CT molecular complexity index is 802. The summed E-state index contributed by atoms with van der Waals surface area (Å²) < 4.78 is 13.3. The monoisotopic (exact) mass is 300 g/mol. The number of benzene rings is 2. The van der Waals surface area contributed by atoms with Gasteiger partial charge in [0.25, 0.3) is 0 Å². The second-order valence-corrected chi connectivity index (χ2v) is 5.40. The zero-order chi connectivity index (χ0) is 14.8. The number of nitrogens with one attached hydrogen (secondary N) is 1. The number of nitrogens with zero attached hydrogens (tertiary/aromatic N) is 1. The van der Waals surface area contributed by atoms with Crippen molar-refractivity contribution in [2.24, 2.45) is 0 Å². The molecule has 21 heavy (non-hydrogen) atoms. The fraction of sp³-hybridized carbons (Fsp3) is 0.118.